The van der Waals surface area contributed by atoms with Crippen LogP contribution in [0.1, 0.15) is 42.5 Å². The standard InChI is InChI=1S/C23H21NS/c1-2-3-11-18-17-12-7-8-13-20(17)24-21(16-9-5-4-6-10-16)19-14-15-25-23(19)22(18)24/h4-10,12-15,21H,2-3,11H2,1H3. The van der Waals surface area contributed by atoms with Gasteiger partial charge in [0, 0.05) is 10.9 Å². The van der Waals surface area contributed by atoms with Gasteiger partial charge < -0.3 is 4.57 Å². The summed E-state index contributed by atoms with van der Waals surface area (Å²) in [5, 5.41) is 3.69. The maximum Gasteiger partial charge on any atom is 0.0860 e. The molecule has 1 unspecified atom stereocenters. The van der Waals surface area contributed by atoms with Gasteiger partial charge in [-0.1, -0.05) is 61.9 Å². The second-order valence-corrected chi connectivity index (χ2v) is 7.75. The minimum atomic E-state index is 0.303. The van der Waals surface area contributed by atoms with Crippen molar-refractivity contribution in [2.45, 2.75) is 32.2 Å². The normalized spacial score (nSPS) is 15.5. The topological polar surface area (TPSA) is 4.93 Å². The number of aryl methyl sites for hydroxylation is 1. The molecule has 2 heteroatoms. The Hall–Kier alpha value is -2.32. The number of aromatic nitrogens is 1. The van der Waals surface area contributed by atoms with Crippen LogP contribution >= 0.6 is 11.3 Å². The van der Waals surface area contributed by atoms with Crippen molar-refractivity contribution in [1.82, 2.24) is 4.57 Å². The first-order valence-electron chi connectivity index (χ1n) is 9.14. The second-order valence-electron chi connectivity index (χ2n) is 6.84. The maximum absolute atomic E-state index is 2.59. The van der Waals surface area contributed by atoms with Crippen molar-refractivity contribution in [1.29, 1.82) is 0 Å². The quantitative estimate of drug-likeness (QED) is 0.344. The maximum atomic E-state index is 2.59. The molecule has 0 saturated heterocycles. The van der Waals surface area contributed by atoms with E-state index in [-0.39, 0.29) is 0 Å². The van der Waals surface area contributed by atoms with E-state index in [0.29, 0.717) is 6.04 Å². The number of benzene rings is 2. The van der Waals surface area contributed by atoms with Crippen molar-refractivity contribution in [2.24, 2.45) is 0 Å². The van der Waals surface area contributed by atoms with Gasteiger partial charge in [0.1, 0.15) is 0 Å². The first-order valence-corrected chi connectivity index (χ1v) is 10.0. The molecular weight excluding hydrogens is 322 g/mol. The summed E-state index contributed by atoms with van der Waals surface area (Å²) in [5.74, 6) is 0. The van der Waals surface area contributed by atoms with Crippen LogP contribution in [0.3, 0.4) is 0 Å². The summed E-state index contributed by atoms with van der Waals surface area (Å²) in [5.41, 5.74) is 7.23. The Morgan fingerprint density at radius 1 is 0.960 bits per heavy atom. The number of unbranched alkanes of at least 4 members (excludes halogenated alkanes) is 1. The van der Waals surface area contributed by atoms with Crippen LogP contribution < -0.4 is 0 Å². The Labute approximate surface area is 152 Å². The number of rotatable bonds is 4. The van der Waals surface area contributed by atoms with E-state index in [9.17, 15) is 0 Å². The molecule has 0 radical (unpaired) electrons. The van der Waals surface area contributed by atoms with Crippen LogP contribution in [0.5, 0.6) is 0 Å². The van der Waals surface area contributed by atoms with E-state index in [1.807, 2.05) is 11.3 Å². The Morgan fingerprint density at radius 2 is 1.76 bits per heavy atom. The highest BCUT2D eigenvalue weighted by Gasteiger charge is 2.34. The molecule has 0 amide bonds. The molecule has 0 N–H and O–H groups in total. The van der Waals surface area contributed by atoms with E-state index >= 15 is 0 Å². The largest absolute Gasteiger partial charge is 0.328 e. The summed E-state index contributed by atoms with van der Waals surface area (Å²) in [6.45, 7) is 2.28. The molecule has 124 valence electrons. The monoisotopic (exact) mass is 343 g/mol. The summed E-state index contributed by atoms with van der Waals surface area (Å²) >= 11 is 1.90. The number of hydrogen-bond donors (Lipinski definition) is 0. The third kappa shape index (κ3) is 2.14. The van der Waals surface area contributed by atoms with Crippen molar-refractivity contribution in [2.75, 3.05) is 0 Å². The van der Waals surface area contributed by atoms with Gasteiger partial charge in [-0.2, -0.15) is 0 Å². The molecule has 1 atom stereocenters. The molecular formula is C23H21NS. The first-order chi connectivity index (χ1) is 12.4. The minimum absolute atomic E-state index is 0.303. The predicted octanol–water partition coefficient (Wildman–Crippen LogP) is 6.66. The van der Waals surface area contributed by atoms with Gasteiger partial charge in [-0.25, -0.2) is 0 Å². The Morgan fingerprint density at radius 3 is 2.60 bits per heavy atom. The van der Waals surface area contributed by atoms with Crippen molar-refractivity contribution in [3.05, 3.63) is 82.7 Å². The van der Waals surface area contributed by atoms with Crippen molar-refractivity contribution >= 4 is 22.2 Å². The number of thiophene rings is 1. The lowest BCUT2D eigenvalue weighted by Crippen LogP contribution is -2.07. The summed E-state index contributed by atoms with van der Waals surface area (Å²) in [6.07, 6.45) is 3.65. The number of hydrogen-bond acceptors (Lipinski definition) is 1. The van der Waals surface area contributed by atoms with Gasteiger partial charge in [0.05, 0.1) is 16.6 Å². The van der Waals surface area contributed by atoms with Crippen LogP contribution in [0.15, 0.2) is 66.0 Å². The van der Waals surface area contributed by atoms with E-state index in [4.69, 9.17) is 0 Å². The fourth-order valence-corrected chi connectivity index (χ4v) is 5.28. The van der Waals surface area contributed by atoms with Crippen molar-refractivity contribution in [3.63, 3.8) is 0 Å². The summed E-state index contributed by atoms with van der Waals surface area (Å²) in [4.78, 5) is 1.47. The van der Waals surface area contributed by atoms with Gasteiger partial charge in [-0.3, -0.25) is 0 Å². The van der Waals surface area contributed by atoms with Gasteiger partial charge in [0.25, 0.3) is 0 Å². The molecule has 0 bridgehead atoms. The zero-order chi connectivity index (χ0) is 16.8. The highest BCUT2D eigenvalue weighted by molar-refractivity contribution is 7.13. The van der Waals surface area contributed by atoms with Gasteiger partial charge in [0.15, 0.2) is 0 Å². The van der Waals surface area contributed by atoms with Crippen LogP contribution in [0.2, 0.25) is 0 Å². The van der Waals surface area contributed by atoms with Crippen LogP contribution in [0.4, 0.5) is 0 Å². The fraction of sp³-hybridized carbons (Fsp3) is 0.217. The minimum Gasteiger partial charge on any atom is -0.328 e. The molecule has 2 aromatic heterocycles. The lowest BCUT2D eigenvalue weighted by molar-refractivity contribution is 0.738. The van der Waals surface area contributed by atoms with Crippen molar-refractivity contribution < 1.29 is 0 Å². The van der Waals surface area contributed by atoms with Crippen LogP contribution in [-0.4, -0.2) is 4.57 Å². The molecule has 1 aliphatic rings. The molecule has 0 aliphatic carbocycles. The summed E-state index contributed by atoms with van der Waals surface area (Å²) < 4.78 is 2.59. The molecule has 25 heavy (non-hydrogen) atoms. The molecule has 2 aromatic carbocycles. The molecule has 3 heterocycles. The SMILES string of the molecule is CCCCc1c2n(c3ccccc13)C(c1ccccc1)c1ccsc1-2. The van der Waals surface area contributed by atoms with Crippen LogP contribution in [0, 0.1) is 0 Å². The molecule has 1 nitrogen and oxygen atoms in total. The predicted molar refractivity (Wildman–Crippen MR) is 108 cm³/mol. The van der Waals surface area contributed by atoms with E-state index in [1.165, 1.54) is 45.4 Å². The highest BCUT2D eigenvalue weighted by Crippen LogP contribution is 2.51. The smallest absolute Gasteiger partial charge is 0.0860 e. The molecule has 1 aliphatic heterocycles. The molecule has 5 rings (SSSR count). The van der Waals surface area contributed by atoms with Crippen LogP contribution in [0.25, 0.3) is 21.5 Å². The highest BCUT2D eigenvalue weighted by atomic mass is 32.1. The average Bonchev–Trinajstić information content (AvgIpc) is 3.31. The fourth-order valence-electron chi connectivity index (χ4n) is 4.28. The third-order valence-electron chi connectivity index (χ3n) is 5.37. The average molecular weight is 343 g/mol. The zero-order valence-corrected chi connectivity index (χ0v) is 15.2. The molecule has 0 saturated carbocycles. The van der Waals surface area contributed by atoms with E-state index < -0.39 is 0 Å². The second kappa shape index (κ2) is 5.89. The third-order valence-corrected chi connectivity index (χ3v) is 6.31. The molecule has 4 aromatic rings. The number of nitrogens with zero attached hydrogens (tertiary/aromatic N) is 1. The van der Waals surface area contributed by atoms with Crippen molar-refractivity contribution in [3.8, 4) is 10.6 Å². The molecule has 0 spiro atoms. The summed E-state index contributed by atoms with van der Waals surface area (Å²) in [6, 6.07) is 22.5. The van der Waals surface area contributed by atoms with Gasteiger partial charge >= 0.3 is 0 Å². The lowest BCUT2D eigenvalue weighted by atomic mass is 9.99. The number of para-hydroxylation sites is 1. The van der Waals surface area contributed by atoms with Gasteiger partial charge in [0.2, 0.25) is 0 Å². The summed E-state index contributed by atoms with van der Waals surface area (Å²) in [7, 11) is 0. The van der Waals surface area contributed by atoms with Gasteiger partial charge in [-0.05, 0) is 47.0 Å². The van der Waals surface area contributed by atoms with E-state index in [2.05, 4.69) is 77.5 Å². The Kier molecular flexibility index (Phi) is 3.53. The lowest BCUT2D eigenvalue weighted by Gasteiger charge is -2.16. The molecule has 0 fully saturated rings. The Bertz CT molecular complexity index is 1040. The van der Waals surface area contributed by atoms with Crippen LogP contribution in [-0.2, 0) is 6.42 Å². The van der Waals surface area contributed by atoms with E-state index in [1.54, 1.807) is 5.56 Å². The van der Waals surface area contributed by atoms with Gasteiger partial charge in [-0.15, -0.1) is 11.3 Å². The zero-order valence-electron chi connectivity index (χ0n) is 14.4. The first kappa shape index (κ1) is 15.0. The van der Waals surface area contributed by atoms with E-state index in [0.717, 1.165) is 6.42 Å². The Balaban J connectivity index is 1.84. The number of fused-ring (bicyclic) bond motifs is 5.